The average Bonchev–Trinajstić information content (AvgIpc) is 2.62. The number of benzene rings is 1. The zero-order valence-electron chi connectivity index (χ0n) is 10.9. The Morgan fingerprint density at radius 3 is 2.80 bits per heavy atom. The highest BCUT2D eigenvalue weighted by molar-refractivity contribution is 6.30. The lowest BCUT2D eigenvalue weighted by Crippen LogP contribution is -2.04. The molecule has 106 valence electrons. The molecule has 0 saturated carbocycles. The summed E-state index contributed by atoms with van der Waals surface area (Å²) in [5.41, 5.74) is 1.12. The fourth-order valence-electron chi connectivity index (χ4n) is 1.78. The summed E-state index contributed by atoms with van der Waals surface area (Å²) in [6.07, 6.45) is 0. The fraction of sp³-hybridized carbons (Fsp3) is 0.231. The normalized spacial score (nSPS) is 10.6. The largest absolute Gasteiger partial charge is 0.488 e. The second kappa shape index (κ2) is 5.50. The molecule has 1 heterocycles. The molecular weight excluding hydrogens is 287 g/mol. The molecule has 0 radical (unpaired) electrons. The summed E-state index contributed by atoms with van der Waals surface area (Å²) < 4.78 is 20.0. The second-order valence-corrected chi connectivity index (χ2v) is 4.57. The molecule has 0 aliphatic heterocycles. The third-order valence-corrected chi connectivity index (χ3v) is 3.29. The maximum Gasteiger partial charge on any atom is 0.339 e. The minimum Gasteiger partial charge on any atom is -0.488 e. The summed E-state index contributed by atoms with van der Waals surface area (Å²) in [5.74, 6) is -1.81. The molecule has 0 saturated heterocycles. The van der Waals surface area contributed by atoms with E-state index in [1.807, 2.05) is 0 Å². The highest BCUT2D eigenvalue weighted by atomic mass is 35.5. The molecule has 0 atom stereocenters. The molecule has 1 aromatic carbocycles. The number of carboxylic acid groups (broad SMARTS) is 1. The van der Waals surface area contributed by atoms with Gasteiger partial charge in [-0.3, -0.25) is 4.68 Å². The molecule has 1 N–H and O–H groups in total. The Kier molecular flexibility index (Phi) is 3.94. The number of rotatable bonds is 4. The summed E-state index contributed by atoms with van der Waals surface area (Å²) in [7, 11) is 1.69. The van der Waals surface area contributed by atoms with E-state index in [1.54, 1.807) is 14.0 Å². The lowest BCUT2D eigenvalue weighted by molar-refractivity contribution is 0.0691. The van der Waals surface area contributed by atoms with Crippen molar-refractivity contribution in [1.82, 2.24) is 9.78 Å². The third kappa shape index (κ3) is 2.75. The molecule has 0 aliphatic rings. The van der Waals surface area contributed by atoms with Crippen molar-refractivity contribution < 1.29 is 19.0 Å². The van der Waals surface area contributed by atoms with Gasteiger partial charge in [0.1, 0.15) is 28.9 Å². The quantitative estimate of drug-likeness (QED) is 0.942. The lowest BCUT2D eigenvalue weighted by Gasteiger charge is -2.09. The number of hydrogen-bond acceptors (Lipinski definition) is 3. The first kappa shape index (κ1) is 14.3. The summed E-state index contributed by atoms with van der Waals surface area (Å²) in [5, 5.41) is 13.6. The van der Waals surface area contributed by atoms with Crippen molar-refractivity contribution >= 4 is 17.6 Å². The number of hydrogen-bond donors (Lipinski definition) is 1. The average molecular weight is 299 g/mol. The molecule has 7 heteroatoms. The van der Waals surface area contributed by atoms with Gasteiger partial charge in [0.05, 0.1) is 5.69 Å². The van der Waals surface area contributed by atoms with Crippen LogP contribution in [0.15, 0.2) is 18.2 Å². The van der Waals surface area contributed by atoms with E-state index in [4.69, 9.17) is 21.4 Å². The third-order valence-electron chi connectivity index (χ3n) is 2.81. The highest BCUT2D eigenvalue weighted by Crippen LogP contribution is 2.24. The van der Waals surface area contributed by atoms with E-state index >= 15 is 0 Å². The van der Waals surface area contributed by atoms with Crippen LogP contribution in [0.5, 0.6) is 5.75 Å². The fourth-order valence-corrected chi connectivity index (χ4v) is 2.01. The molecule has 5 nitrogen and oxygen atoms in total. The number of nitrogens with zero attached hydrogens (tertiary/aromatic N) is 2. The number of carbonyl (C=O) groups is 1. The van der Waals surface area contributed by atoms with Gasteiger partial charge in [-0.25, -0.2) is 9.18 Å². The van der Waals surface area contributed by atoms with Gasteiger partial charge in [-0.1, -0.05) is 11.6 Å². The van der Waals surface area contributed by atoms with Crippen LogP contribution in [0.25, 0.3) is 0 Å². The van der Waals surface area contributed by atoms with Gasteiger partial charge in [-0.05, 0) is 25.1 Å². The van der Waals surface area contributed by atoms with Crippen molar-refractivity contribution in [3.63, 3.8) is 0 Å². The van der Waals surface area contributed by atoms with Gasteiger partial charge in [0, 0.05) is 12.6 Å². The molecule has 0 unspecified atom stereocenters. The Balaban J connectivity index is 2.25. The van der Waals surface area contributed by atoms with E-state index < -0.39 is 11.8 Å². The lowest BCUT2D eigenvalue weighted by atomic mass is 10.2. The molecule has 0 spiro atoms. The standard InChI is InChI=1S/C13H12ClFN2O3/c1-7-10(12(14)17(2)16-7)6-20-11-4-3-8(15)5-9(11)13(18)19/h3-5H,6H2,1-2H3,(H,18,19). The molecule has 1 aromatic heterocycles. The van der Waals surface area contributed by atoms with Crippen LogP contribution in [0.2, 0.25) is 5.15 Å². The predicted molar refractivity (Wildman–Crippen MR) is 70.6 cm³/mol. The Labute approximate surface area is 119 Å². The molecule has 0 amide bonds. The van der Waals surface area contributed by atoms with Gasteiger partial charge in [0.25, 0.3) is 0 Å². The number of halogens is 2. The number of aromatic nitrogens is 2. The van der Waals surface area contributed by atoms with Crippen molar-refractivity contribution in [1.29, 1.82) is 0 Å². The number of aryl methyl sites for hydroxylation is 2. The van der Waals surface area contributed by atoms with E-state index in [-0.39, 0.29) is 17.9 Å². The number of aromatic carboxylic acids is 1. The molecule has 0 aliphatic carbocycles. The smallest absolute Gasteiger partial charge is 0.339 e. The zero-order valence-corrected chi connectivity index (χ0v) is 11.6. The SMILES string of the molecule is Cc1nn(C)c(Cl)c1COc1ccc(F)cc1C(=O)O. The molecule has 2 aromatic rings. The Bertz CT molecular complexity index is 670. The van der Waals surface area contributed by atoms with Crippen LogP contribution in [-0.4, -0.2) is 20.9 Å². The Hall–Kier alpha value is -2.08. The minimum absolute atomic E-state index is 0.0599. The van der Waals surface area contributed by atoms with E-state index in [2.05, 4.69) is 5.10 Å². The van der Waals surface area contributed by atoms with Crippen LogP contribution >= 0.6 is 11.6 Å². The van der Waals surface area contributed by atoms with Gasteiger partial charge < -0.3 is 9.84 Å². The number of carboxylic acids is 1. The summed E-state index contributed by atoms with van der Waals surface area (Å²) in [6.45, 7) is 1.83. The van der Waals surface area contributed by atoms with Gasteiger partial charge in [-0.2, -0.15) is 5.10 Å². The summed E-state index contributed by atoms with van der Waals surface area (Å²) >= 11 is 6.05. The van der Waals surface area contributed by atoms with Crippen molar-refractivity contribution in [3.8, 4) is 5.75 Å². The monoisotopic (exact) mass is 298 g/mol. The molecule has 0 fully saturated rings. The second-order valence-electron chi connectivity index (χ2n) is 4.21. The Morgan fingerprint density at radius 2 is 2.25 bits per heavy atom. The van der Waals surface area contributed by atoms with Crippen molar-refractivity contribution in [2.45, 2.75) is 13.5 Å². The van der Waals surface area contributed by atoms with Gasteiger partial charge in [0.2, 0.25) is 0 Å². The molecule has 0 bridgehead atoms. The summed E-state index contributed by atoms with van der Waals surface area (Å²) in [4.78, 5) is 11.0. The van der Waals surface area contributed by atoms with E-state index in [1.165, 1.54) is 10.7 Å². The zero-order chi connectivity index (χ0) is 14.9. The summed E-state index contributed by atoms with van der Waals surface area (Å²) in [6, 6.07) is 3.33. The molecule has 20 heavy (non-hydrogen) atoms. The topological polar surface area (TPSA) is 64.4 Å². The van der Waals surface area contributed by atoms with E-state index in [9.17, 15) is 9.18 Å². The van der Waals surface area contributed by atoms with Crippen LogP contribution in [0.1, 0.15) is 21.6 Å². The van der Waals surface area contributed by atoms with Crippen molar-refractivity contribution in [3.05, 3.63) is 46.0 Å². The predicted octanol–water partition coefficient (Wildman–Crippen LogP) is 2.80. The van der Waals surface area contributed by atoms with Crippen molar-refractivity contribution in [2.75, 3.05) is 0 Å². The first-order chi connectivity index (χ1) is 9.40. The maximum absolute atomic E-state index is 13.0. The molecular formula is C13H12ClFN2O3. The van der Waals surface area contributed by atoms with Crippen LogP contribution in [-0.2, 0) is 13.7 Å². The van der Waals surface area contributed by atoms with E-state index in [0.717, 1.165) is 12.1 Å². The first-order valence-corrected chi connectivity index (χ1v) is 6.11. The van der Waals surface area contributed by atoms with Gasteiger partial charge in [0.15, 0.2) is 0 Å². The Morgan fingerprint density at radius 1 is 1.55 bits per heavy atom. The first-order valence-electron chi connectivity index (χ1n) is 5.73. The van der Waals surface area contributed by atoms with Crippen molar-refractivity contribution in [2.24, 2.45) is 7.05 Å². The maximum atomic E-state index is 13.0. The molecule has 2 rings (SSSR count). The van der Waals surface area contributed by atoms with E-state index in [0.29, 0.717) is 16.4 Å². The number of ether oxygens (including phenoxy) is 1. The van der Waals surface area contributed by atoms with Crippen LogP contribution in [0, 0.1) is 12.7 Å². The van der Waals surface area contributed by atoms with Crippen LogP contribution < -0.4 is 4.74 Å². The minimum atomic E-state index is -1.26. The van der Waals surface area contributed by atoms with Crippen LogP contribution in [0.4, 0.5) is 4.39 Å². The van der Waals surface area contributed by atoms with Gasteiger partial charge in [-0.15, -0.1) is 0 Å². The highest BCUT2D eigenvalue weighted by Gasteiger charge is 2.16. The van der Waals surface area contributed by atoms with Crippen LogP contribution in [0.3, 0.4) is 0 Å². The van der Waals surface area contributed by atoms with Gasteiger partial charge >= 0.3 is 5.97 Å².